The average molecular weight is 301 g/mol. The van der Waals surface area contributed by atoms with Crippen LogP contribution in [0, 0.1) is 0 Å². The Hall–Kier alpha value is -1.50. The number of piperazine rings is 1. The van der Waals surface area contributed by atoms with Gasteiger partial charge < -0.3 is 9.64 Å². The minimum absolute atomic E-state index is 0.0209. The second kappa shape index (κ2) is 5.36. The van der Waals surface area contributed by atoms with Crippen molar-refractivity contribution in [2.45, 2.75) is 31.1 Å². The summed E-state index contributed by atoms with van der Waals surface area (Å²) in [5, 5.41) is 0. The van der Waals surface area contributed by atoms with Gasteiger partial charge in [0, 0.05) is 31.2 Å². The van der Waals surface area contributed by atoms with Crippen LogP contribution >= 0.6 is 0 Å². The highest BCUT2D eigenvalue weighted by Gasteiger charge is 2.44. The van der Waals surface area contributed by atoms with Gasteiger partial charge in [0.15, 0.2) is 0 Å². The number of halogens is 3. The van der Waals surface area contributed by atoms with Gasteiger partial charge in [0.1, 0.15) is 0 Å². The van der Waals surface area contributed by atoms with Crippen molar-refractivity contribution in [2.24, 2.45) is 0 Å². The van der Waals surface area contributed by atoms with Crippen molar-refractivity contribution < 1.29 is 17.9 Å². The number of fused-ring (bicyclic) bond motifs is 2. The Labute approximate surface area is 121 Å². The van der Waals surface area contributed by atoms with Crippen molar-refractivity contribution in [3.05, 3.63) is 18.3 Å². The number of pyridine rings is 1. The van der Waals surface area contributed by atoms with Crippen LogP contribution in [0.3, 0.4) is 0 Å². The first-order chi connectivity index (χ1) is 9.96. The Kier molecular flexibility index (Phi) is 3.69. The molecule has 0 aromatic carbocycles. The third kappa shape index (κ3) is 3.07. The average Bonchev–Trinajstić information content (AvgIpc) is 2.68. The van der Waals surface area contributed by atoms with Gasteiger partial charge in [-0.3, -0.25) is 4.90 Å². The Morgan fingerprint density at radius 3 is 2.38 bits per heavy atom. The Bertz CT molecular complexity index is 477. The van der Waals surface area contributed by atoms with Crippen LogP contribution < -0.4 is 9.64 Å². The molecule has 0 aliphatic carbocycles. The summed E-state index contributed by atoms with van der Waals surface area (Å²) in [6, 6.07) is 3.64. The van der Waals surface area contributed by atoms with E-state index in [0.29, 0.717) is 19.0 Å². The number of anilines is 1. The molecule has 0 spiro atoms. The fraction of sp³-hybridized carbons (Fsp3) is 0.643. The Morgan fingerprint density at radius 1 is 1.24 bits per heavy atom. The molecule has 3 heterocycles. The summed E-state index contributed by atoms with van der Waals surface area (Å²) in [4.78, 5) is 7.91. The van der Waals surface area contributed by atoms with Crippen LogP contribution in [0.5, 0.6) is 5.88 Å². The lowest BCUT2D eigenvalue weighted by Gasteiger charge is -2.42. The van der Waals surface area contributed by atoms with Crippen molar-refractivity contribution in [1.82, 2.24) is 9.88 Å². The van der Waals surface area contributed by atoms with Crippen LogP contribution in [0.25, 0.3) is 0 Å². The zero-order valence-electron chi connectivity index (χ0n) is 11.8. The molecule has 2 unspecified atom stereocenters. The molecule has 7 heteroatoms. The minimum atomic E-state index is -4.12. The molecule has 4 nitrogen and oxygen atoms in total. The summed E-state index contributed by atoms with van der Waals surface area (Å²) in [6.07, 6.45) is -0.732. The molecule has 3 rings (SSSR count). The maximum absolute atomic E-state index is 12.6. The van der Waals surface area contributed by atoms with E-state index in [0.717, 1.165) is 18.5 Å². The largest absolute Gasteiger partial charge is 0.481 e. The second-order valence-corrected chi connectivity index (χ2v) is 5.64. The monoisotopic (exact) mass is 301 g/mol. The third-order valence-corrected chi connectivity index (χ3v) is 4.29. The van der Waals surface area contributed by atoms with E-state index in [1.165, 1.54) is 0 Å². The molecule has 2 bridgehead atoms. The predicted molar refractivity (Wildman–Crippen MR) is 72.6 cm³/mol. The van der Waals surface area contributed by atoms with Crippen LogP contribution in [0.2, 0.25) is 0 Å². The first-order valence-electron chi connectivity index (χ1n) is 7.04. The SMILES string of the molecule is COc1ccc(N2CC3CCC(C2)N3CC(F)(F)F)cn1. The first kappa shape index (κ1) is 14.4. The van der Waals surface area contributed by atoms with Gasteiger partial charge in [-0.25, -0.2) is 4.98 Å². The number of ether oxygens (including phenoxy) is 1. The molecular weight excluding hydrogens is 283 g/mol. The number of nitrogens with zero attached hydrogens (tertiary/aromatic N) is 3. The highest BCUT2D eigenvalue weighted by Crippen LogP contribution is 2.34. The van der Waals surface area contributed by atoms with Crippen LogP contribution in [-0.4, -0.2) is 54.9 Å². The van der Waals surface area contributed by atoms with Gasteiger partial charge in [0.05, 0.1) is 25.5 Å². The number of hydrogen-bond donors (Lipinski definition) is 0. The van der Waals surface area contributed by atoms with Gasteiger partial charge in [-0.1, -0.05) is 0 Å². The lowest BCUT2D eigenvalue weighted by atomic mass is 10.1. The predicted octanol–water partition coefficient (Wildman–Crippen LogP) is 2.31. The standard InChI is InChI=1S/C14H18F3N3O/c1-21-13-5-4-10(6-18-13)19-7-11-2-3-12(8-19)20(11)9-14(15,16)17/h4-6,11-12H,2-3,7-9H2,1H3. The molecule has 2 aliphatic heterocycles. The van der Waals surface area contributed by atoms with Crippen LogP contribution in [-0.2, 0) is 0 Å². The van der Waals surface area contributed by atoms with Gasteiger partial charge in [0.2, 0.25) is 5.88 Å². The molecular formula is C14H18F3N3O. The van der Waals surface area contributed by atoms with E-state index in [-0.39, 0.29) is 12.1 Å². The highest BCUT2D eigenvalue weighted by molar-refractivity contribution is 5.47. The number of aromatic nitrogens is 1. The number of alkyl halides is 3. The lowest BCUT2D eigenvalue weighted by Crippen LogP contribution is -2.56. The maximum atomic E-state index is 12.6. The van der Waals surface area contributed by atoms with Gasteiger partial charge in [-0.15, -0.1) is 0 Å². The molecule has 0 radical (unpaired) electrons. The fourth-order valence-corrected chi connectivity index (χ4v) is 3.35. The molecule has 21 heavy (non-hydrogen) atoms. The van der Waals surface area contributed by atoms with E-state index in [1.54, 1.807) is 24.3 Å². The van der Waals surface area contributed by atoms with Gasteiger partial charge >= 0.3 is 6.18 Å². The van der Waals surface area contributed by atoms with Crippen molar-refractivity contribution in [2.75, 3.05) is 31.6 Å². The molecule has 2 atom stereocenters. The topological polar surface area (TPSA) is 28.6 Å². The highest BCUT2D eigenvalue weighted by atomic mass is 19.4. The summed E-state index contributed by atoms with van der Waals surface area (Å²) >= 11 is 0. The van der Waals surface area contributed by atoms with E-state index in [1.807, 2.05) is 6.07 Å². The van der Waals surface area contributed by atoms with E-state index >= 15 is 0 Å². The molecule has 0 saturated carbocycles. The van der Waals surface area contributed by atoms with E-state index in [4.69, 9.17) is 4.74 Å². The molecule has 0 N–H and O–H groups in total. The summed E-state index contributed by atoms with van der Waals surface area (Å²) in [5.41, 5.74) is 0.944. The van der Waals surface area contributed by atoms with Crippen LogP contribution in [0.1, 0.15) is 12.8 Å². The maximum Gasteiger partial charge on any atom is 0.401 e. The Balaban J connectivity index is 1.70. The molecule has 2 aliphatic rings. The summed E-state index contributed by atoms with van der Waals surface area (Å²) < 4.78 is 42.9. The summed E-state index contributed by atoms with van der Waals surface area (Å²) in [5.74, 6) is 0.539. The zero-order valence-corrected chi connectivity index (χ0v) is 11.8. The molecule has 1 aromatic heterocycles. The van der Waals surface area contributed by atoms with E-state index in [2.05, 4.69) is 9.88 Å². The van der Waals surface area contributed by atoms with Crippen molar-refractivity contribution in [1.29, 1.82) is 0 Å². The molecule has 0 amide bonds. The number of hydrogen-bond acceptors (Lipinski definition) is 4. The van der Waals surface area contributed by atoms with Gasteiger partial charge in [-0.05, 0) is 18.9 Å². The number of rotatable bonds is 3. The quantitative estimate of drug-likeness (QED) is 0.856. The first-order valence-corrected chi connectivity index (χ1v) is 7.04. The molecule has 1 aromatic rings. The summed E-state index contributed by atoms with van der Waals surface area (Å²) in [6.45, 7) is 0.457. The lowest BCUT2D eigenvalue weighted by molar-refractivity contribution is -0.153. The molecule has 2 fully saturated rings. The zero-order chi connectivity index (χ0) is 15.0. The van der Waals surface area contributed by atoms with Crippen molar-refractivity contribution in [3.63, 3.8) is 0 Å². The fourth-order valence-electron chi connectivity index (χ4n) is 3.35. The summed E-state index contributed by atoms with van der Waals surface area (Å²) in [7, 11) is 1.55. The Morgan fingerprint density at radius 2 is 1.90 bits per heavy atom. The van der Waals surface area contributed by atoms with Crippen molar-refractivity contribution in [3.8, 4) is 5.88 Å². The number of methoxy groups -OCH3 is 1. The van der Waals surface area contributed by atoms with Crippen molar-refractivity contribution >= 4 is 5.69 Å². The van der Waals surface area contributed by atoms with Gasteiger partial charge in [-0.2, -0.15) is 13.2 Å². The minimum Gasteiger partial charge on any atom is -0.481 e. The van der Waals surface area contributed by atoms with Crippen LogP contribution in [0.4, 0.5) is 18.9 Å². The smallest absolute Gasteiger partial charge is 0.401 e. The second-order valence-electron chi connectivity index (χ2n) is 5.64. The normalized spacial score (nSPS) is 26.2. The van der Waals surface area contributed by atoms with Crippen LogP contribution in [0.15, 0.2) is 18.3 Å². The van der Waals surface area contributed by atoms with E-state index < -0.39 is 12.7 Å². The van der Waals surface area contributed by atoms with Gasteiger partial charge in [0.25, 0.3) is 0 Å². The van der Waals surface area contributed by atoms with E-state index in [9.17, 15) is 13.2 Å². The third-order valence-electron chi connectivity index (χ3n) is 4.29. The molecule has 116 valence electrons. The molecule has 2 saturated heterocycles.